The Morgan fingerprint density at radius 2 is 2.00 bits per heavy atom. The number of hydrogen-bond donors (Lipinski definition) is 1. The third-order valence-electron chi connectivity index (χ3n) is 2.66. The Morgan fingerprint density at radius 3 is 2.61 bits per heavy atom. The molecule has 0 unspecified atom stereocenters. The summed E-state index contributed by atoms with van der Waals surface area (Å²) in [5.41, 5.74) is 8.23. The Bertz CT molecular complexity index is 568. The van der Waals surface area contributed by atoms with Gasteiger partial charge in [-0.15, -0.1) is 0 Å². The zero-order chi connectivity index (χ0) is 13.1. The number of aryl methyl sites for hydroxylation is 1. The Balaban J connectivity index is 2.32. The highest BCUT2D eigenvalue weighted by Gasteiger charge is 2.16. The molecule has 0 fully saturated rings. The standard InChI is InChI=1S/C13H14N4O/c1-9-7-12(14)11(8-16-9)13(18)17(2)10-3-5-15-6-4-10/h3-8H,1-2H3,(H2,14,16). The van der Waals surface area contributed by atoms with Crippen molar-refractivity contribution >= 4 is 17.3 Å². The summed E-state index contributed by atoms with van der Waals surface area (Å²) in [6, 6.07) is 5.21. The van der Waals surface area contributed by atoms with Gasteiger partial charge in [-0.05, 0) is 25.1 Å². The molecule has 0 aliphatic heterocycles. The van der Waals surface area contributed by atoms with E-state index in [9.17, 15) is 4.79 Å². The zero-order valence-electron chi connectivity index (χ0n) is 10.3. The van der Waals surface area contributed by atoms with Crippen molar-refractivity contribution in [2.45, 2.75) is 6.92 Å². The number of nitrogens with two attached hydrogens (primary N) is 1. The van der Waals surface area contributed by atoms with Gasteiger partial charge in [-0.3, -0.25) is 14.8 Å². The lowest BCUT2D eigenvalue weighted by Gasteiger charge is -2.17. The summed E-state index contributed by atoms with van der Waals surface area (Å²) < 4.78 is 0. The summed E-state index contributed by atoms with van der Waals surface area (Å²) in [7, 11) is 1.69. The van der Waals surface area contributed by atoms with Gasteiger partial charge in [0, 0.05) is 42.7 Å². The zero-order valence-corrected chi connectivity index (χ0v) is 10.3. The molecule has 2 aromatic heterocycles. The molecular weight excluding hydrogens is 228 g/mol. The van der Waals surface area contributed by atoms with Gasteiger partial charge in [-0.2, -0.15) is 0 Å². The summed E-state index contributed by atoms with van der Waals surface area (Å²) >= 11 is 0. The van der Waals surface area contributed by atoms with Crippen molar-refractivity contribution in [2.75, 3.05) is 17.7 Å². The molecule has 0 atom stereocenters. The summed E-state index contributed by atoms with van der Waals surface area (Å²) in [5, 5.41) is 0. The molecule has 2 rings (SSSR count). The van der Waals surface area contributed by atoms with Gasteiger partial charge in [-0.25, -0.2) is 0 Å². The molecule has 92 valence electrons. The molecule has 0 radical (unpaired) electrons. The minimum Gasteiger partial charge on any atom is -0.398 e. The van der Waals surface area contributed by atoms with E-state index in [0.717, 1.165) is 11.4 Å². The smallest absolute Gasteiger partial charge is 0.261 e. The molecule has 0 aliphatic rings. The van der Waals surface area contributed by atoms with Crippen LogP contribution in [0.25, 0.3) is 0 Å². The Kier molecular flexibility index (Phi) is 3.23. The van der Waals surface area contributed by atoms with Gasteiger partial charge in [0.25, 0.3) is 5.91 Å². The molecule has 5 heteroatoms. The molecule has 0 saturated carbocycles. The van der Waals surface area contributed by atoms with Gasteiger partial charge in [0.2, 0.25) is 0 Å². The van der Waals surface area contributed by atoms with E-state index in [0.29, 0.717) is 11.3 Å². The first-order valence-electron chi connectivity index (χ1n) is 5.50. The topological polar surface area (TPSA) is 72.1 Å². The summed E-state index contributed by atoms with van der Waals surface area (Å²) in [6.45, 7) is 1.83. The molecule has 18 heavy (non-hydrogen) atoms. The first-order valence-corrected chi connectivity index (χ1v) is 5.50. The van der Waals surface area contributed by atoms with Gasteiger partial charge in [0.05, 0.1) is 5.56 Å². The van der Waals surface area contributed by atoms with E-state index >= 15 is 0 Å². The van der Waals surface area contributed by atoms with Crippen LogP contribution in [0.4, 0.5) is 11.4 Å². The van der Waals surface area contributed by atoms with E-state index in [2.05, 4.69) is 9.97 Å². The largest absolute Gasteiger partial charge is 0.398 e. The van der Waals surface area contributed by atoms with Crippen LogP contribution in [0.2, 0.25) is 0 Å². The van der Waals surface area contributed by atoms with Crippen LogP contribution < -0.4 is 10.6 Å². The van der Waals surface area contributed by atoms with Crippen LogP contribution >= 0.6 is 0 Å². The fourth-order valence-electron chi connectivity index (χ4n) is 1.63. The maximum Gasteiger partial charge on any atom is 0.261 e. The van der Waals surface area contributed by atoms with E-state index < -0.39 is 0 Å². The van der Waals surface area contributed by atoms with Crippen LogP contribution in [-0.4, -0.2) is 22.9 Å². The fraction of sp³-hybridized carbons (Fsp3) is 0.154. The van der Waals surface area contributed by atoms with Gasteiger partial charge in [0.15, 0.2) is 0 Å². The molecular formula is C13H14N4O. The fourth-order valence-corrected chi connectivity index (χ4v) is 1.63. The molecule has 1 amide bonds. The molecule has 5 nitrogen and oxygen atoms in total. The highest BCUT2D eigenvalue weighted by atomic mass is 16.2. The summed E-state index contributed by atoms with van der Waals surface area (Å²) in [5.74, 6) is -0.189. The van der Waals surface area contributed by atoms with Gasteiger partial charge < -0.3 is 10.6 Å². The predicted molar refractivity (Wildman–Crippen MR) is 70.4 cm³/mol. The highest BCUT2D eigenvalue weighted by molar-refractivity contribution is 6.08. The summed E-state index contributed by atoms with van der Waals surface area (Å²) in [4.78, 5) is 21.8. The monoisotopic (exact) mass is 242 g/mol. The average Bonchev–Trinajstić information content (AvgIpc) is 2.38. The second-order valence-corrected chi connectivity index (χ2v) is 3.98. The number of nitrogens with zero attached hydrogens (tertiary/aromatic N) is 3. The molecule has 0 aromatic carbocycles. The Labute approximate surface area is 105 Å². The maximum atomic E-state index is 12.3. The van der Waals surface area contributed by atoms with Crippen molar-refractivity contribution in [3.63, 3.8) is 0 Å². The van der Waals surface area contributed by atoms with Gasteiger partial charge in [0.1, 0.15) is 0 Å². The highest BCUT2D eigenvalue weighted by Crippen LogP contribution is 2.18. The summed E-state index contributed by atoms with van der Waals surface area (Å²) in [6.07, 6.45) is 4.77. The number of rotatable bonds is 2. The lowest BCUT2D eigenvalue weighted by Crippen LogP contribution is -2.27. The molecule has 0 spiro atoms. The van der Waals surface area contributed by atoms with E-state index in [1.165, 1.54) is 11.1 Å². The second-order valence-electron chi connectivity index (χ2n) is 3.98. The van der Waals surface area contributed by atoms with Crippen molar-refractivity contribution in [3.05, 3.63) is 48.0 Å². The predicted octanol–water partition coefficient (Wildman–Crippen LogP) is 1.64. The number of nitrogen functional groups attached to an aromatic ring is 1. The minimum atomic E-state index is -0.189. The van der Waals surface area contributed by atoms with E-state index in [1.807, 2.05) is 6.92 Å². The number of amides is 1. The number of anilines is 2. The van der Waals surface area contributed by atoms with Crippen molar-refractivity contribution < 1.29 is 4.79 Å². The van der Waals surface area contributed by atoms with Crippen LogP contribution in [0.5, 0.6) is 0 Å². The average molecular weight is 242 g/mol. The van der Waals surface area contributed by atoms with Crippen LogP contribution in [0, 0.1) is 6.92 Å². The number of aromatic nitrogens is 2. The van der Waals surface area contributed by atoms with Crippen LogP contribution in [0.1, 0.15) is 16.1 Å². The second kappa shape index (κ2) is 4.83. The first-order chi connectivity index (χ1) is 8.59. The maximum absolute atomic E-state index is 12.3. The van der Waals surface area contributed by atoms with E-state index in [-0.39, 0.29) is 5.91 Å². The van der Waals surface area contributed by atoms with Crippen LogP contribution in [-0.2, 0) is 0 Å². The molecule has 0 aliphatic carbocycles. The lowest BCUT2D eigenvalue weighted by atomic mass is 10.2. The third-order valence-corrected chi connectivity index (χ3v) is 2.66. The molecule has 0 saturated heterocycles. The number of carbonyl (C=O) groups excluding carboxylic acids is 1. The molecule has 2 aromatic rings. The number of carbonyl (C=O) groups is 1. The van der Waals surface area contributed by atoms with Gasteiger partial charge in [-0.1, -0.05) is 0 Å². The third kappa shape index (κ3) is 2.29. The normalized spacial score (nSPS) is 10.1. The Morgan fingerprint density at radius 1 is 1.33 bits per heavy atom. The van der Waals surface area contributed by atoms with Crippen LogP contribution in [0.15, 0.2) is 36.8 Å². The molecule has 2 N–H and O–H groups in total. The molecule has 0 bridgehead atoms. The quantitative estimate of drug-likeness (QED) is 0.869. The van der Waals surface area contributed by atoms with Crippen molar-refractivity contribution in [2.24, 2.45) is 0 Å². The van der Waals surface area contributed by atoms with Crippen LogP contribution in [0.3, 0.4) is 0 Å². The van der Waals surface area contributed by atoms with Crippen molar-refractivity contribution in [1.82, 2.24) is 9.97 Å². The Hall–Kier alpha value is -2.43. The first kappa shape index (κ1) is 12.0. The van der Waals surface area contributed by atoms with E-state index in [1.54, 1.807) is 37.6 Å². The lowest BCUT2D eigenvalue weighted by molar-refractivity contribution is 0.0993. The minimum absolute atomic E-state index is 0.189. The van der Waals surface area contributed by atoms with Gasteiger partial charge >= 0.3 is 0 Å². The SMILES string of the molecule is Cc1cc(N)c(C(=O)N(C)c2ccncc2)cn1. The van der Waals surface area contributed by atoms with E-state index in [4.69, 9.17) is 5.73 Å². The molecule has 2 heterocycles. The van der Waals surface area contributed by atoms with Crippen molar-refractivity contribution in [1.29, 1.82) is 0 Å². The number of pyridine rings is 2. The number of hydrogen-bond acceptors (Lipinski definition) is 4. The van der Waals surface area contributed by atoms with Crippen molar-refractivity contribution in [3.8, 4) is 0 Å².